The minimum atomic E-state index is -0.526. The zero-order chi connectivity index (χ0) is 23.6. The van der Waals surface area contributed by atoms with Gasteiger partial charge in [0.2, 0.25) is 5.91 Å². The minimum absolute atomic E-state index is 0.111. The monoisotopic (exact) mass is 446 g/mol. The summed E-state index contributed by atoms with van der Waals surface area (Å²) in [5, 5.41) is 17.6. The first-order valence-electron chi connectivity index (χ1n) is 10.0. The average molecular weight is 446 g/mol. The van der Waals surface area contributed by atoms with Crippen LogP contribution in [-0.2, 0) is 16.0 Å². The number of nitrogens with zero attached hydrogens (tertiary/aromatic N) is 2. The van der Waals surface area contributed by atoms with Gasteiger partial charge in [-0.15, -0.1) is 0 Å². The molecule has 0 atom stereocenters. The molecular weight excluding hydrogens is 424 g/mol. The third-order valence-corrected chi connectivity index (χ3v) is 4.53. The average Bonchev–Trinajstić information content (AvgIpc) is 2.80. The predicted octanol–water partition coefficient (Wildman–Crippen LogP) is 3.61. The highest BCUT2D eigenvalue weighted by molar-refractivity contribution is 5.91. The van der Waals surface area contributed by atoms with Gasteiger partial charge < -0.3 is 10.1 Å². The second kappa shape index (κ2) is 11.2. The Bertz CT molecular complexity index is 1160. The van der Waals surface area contributed by atoms with Gasteiger partial charge in [0, 0.05) is 17.3 Å². The lowest BCUT2D eigenvalue weighted by Gasteiger charge is -2.08. The van der Waals surface area contributed by atoms with Gasteiger partial charge in [-0.25, -0.2) is 5.43 Å². The number of nitro benzene ring substituents is 1. The van der Waals surface area contributed by atoms with Crippen molar-refractivity contribution in [2.45, 2.75) is 13.3 Å². The van der Waals surface area contributed by atoms with E-state index in [0.29, 0.717) is 22.6 Å². The molecule has 0 unspecified atom stereocenters. The Hall–Kier alpha value is -4.53. The summed E-state index contributed by atoms with van der Waals surface area (Å²) in [4.78, 5) is 34.5. The number of benzene rings is 3. The van der Waals surface area contributed by atoms with Gasteiger partial charge in [-0.1, -0.05) is 35.9 Å². The summed E-state index contributed by atoms with van der Waals surface area (Å²) in [6.45, 7) is 1.83. The van der Waals surface area contributed by atoms with Crippen LogP contribution < -0.4 is 15.5 Å². The number of para-hydroxylation sites is 1. The number of ether oxygens (including phenoxy) is 1. The number of nitrogens with one attached hydrogen (secondary N) is 2. The molecule has 33 heavy (non-hydrogen) atoms. The van der Waals surface area contributed by atoms with E-state index in [1.54, 1.807) is 36.4 Å². The Kier molecular flexibility index (Phi) is 7.85. The Morgan fingerprint density at radius 1 is 1.00 bits per heavy atom. The lowest BCUT2D eigenvalue weighted by molar-refractivity contribution is -0.385. The molecule has 0 saturated carbocycles. The predicted molar refractivity (Wildman–Crippen MR) is 124 cm³/mol. The molecule has 9 heteroatoms. The van der Waals surface area contributed by atoms with E-state index in [0.717, 1.165) is 5.56 Å². The van der Waals surface area contributed by atoms with Crippen LogP contribution in [0.25, 0.3) is 0 Å². The van der Waals surface area contributed by atoms with E-state index in [1.807, 2.05) is 31.2 Å². The SMILES string of the molecule is Cc1ccc(NC(=O)COc2ccc(/C=N/NC(=O)Cc3ccccc3[N+](=O)[O-])cc2)cc1. The molecule has 168 valence electrons. The fraction of sp³-hybridized carbons (Fsp3) is 0.125. The van der Waals surface area contributed by atoms with Gasteiger partial charge in [-0.3, -0.25) is 19.7 Å². The van der Waals surface area contributed by atoms with Gasteiger partial charge in [0.1, 0.15) is 5.75 Å². The third-order valence-electron chi connectivity index (χ3n) is 4.53. The van der Waals surface area contributed by atoms with Crippen LogP contribution in [0.3, 0.4) is 0 Å². The van der Waals surface area contributed by atoms with Crippen LogP contribution in [0.5, 0.6) is 5.75 Å². The number of hydrogen-bond donors (Lipinski definition) is 2. The summed E-state index contributed by atoms with van der Waals surface area (Å²) in [6.07, 6.45) is 1.27. The number of carbonyl (C=O) groups is 2. The highest BCUT2D eigenvalue weighted by atomic mass is 16.6. The topological polar surface area (TPSA) is 123 Å². The van der Waals surface area contributed by atoms with Crippen LogP contribution in [0, 0.1) is 17.0 Å². The van der Waals surface area contributed by atoms with Crippen molar-refractivity contribution in [3.8, 4) is 5.75 Å². The van der Waals surface area contributed by atoms with Crippen LogP contribution in [0.4, 0.5) is 11.4 Å². The maximum Gasteiger partial charge on any atom is 0.273 e. The quantitative estimate of drug-likeness (QED) is 0.295. The van der Waals surface area contributed by atoms with Crippen molar-refractivity contribution in [3.63, 3.8) is 0 Å². The molecule has 3 rings (SSSR count). The van der Waals surface area contributed by atoms with Gasteiger partial charge in [-0.05, 0) is 48.9 Å². The largest absolute Gasteiger partial charge is 0.484 e. The first-order chi connectivity index (χ1) is 15.9. The summed E-state index contributed by atoms with van der Waals surface area (Å²) in [7, 11) is 0. The molecule has 0 aromatic heterocycles. The molecule has 0 spiro atoms. The Morgan fingerprint density at radius 3 is 2.39 bits per heavy atom. The molecule has 0 fully saturated rings. The first kappa shape index (κ1) is 23.1. The Morgan fingerprint density at radius 2 is 1.70 bits per heavy atom. The highest BCUT2D eigenvalue weighted by Crippen LogP contribution is 2.18. The van der Waals surface area contributed by atoms with E-state index in [9.17, 15) is 19.7 Å². The molecule has 0 aliphatic heterocycles. The van der Waals surface area contributed by atoms with Crippen molar-refractivity contribution < 1.29 is 19.2 Å². The van der Waals surface area contributed by atoms with Gasteiger partial charge in [-0.2, -0.15) is 5.10 Å². The first-order valence-corrected chi connectivity index (χ1v) is 10.0. The minimum Gasteiger partial charge on any atom is -0.484 e. The maximum atomic E-state index is 12.0. The molecule has 0 radical (unpaired) electrons. The number of hydrazone groups is 1. The Labute approximate surface area is 190 Å². The molecule has 3 aromatic rings. The molecule has 0 saturated heterocycles. The van der Waals surface area contributed by atoms with Crippen molar-refractivity contribution >= 4 is 29.4 Å². The van der Waals surface area contributed by atoms with Crippen molar-refractivity contribution in [2.75, 3.05) is 11.9 Å². The molecule has 0 bridgehead atoms. The van der Waals surface area contributed by atoms with Gasteiger partial charge in [0.15, 0.2) is 6.61 Å². The molecule has 0 aliphatic rings. The van der Waals surface area contributed by atoms with Crippen molar-refractivity contribution in [1.29, 1.82) is 0 Å². The number of aryl methyl sites for hydroxylation is 1. The van der Waals surface area contributed by atoms with E-state index < -0.39 is 10.8 Å². The number of amides is 2. The van der Waals surface area contributed by atoms with Crippen molar-refractivity contribution in [3.05, 3.63) is 99.6 Å². The number of hydrogen-bond acceptors (Lipinski definition) is 6. The summed E-state index contributed by atoms with van der Waals surface area (Å²) in [6, 6.07) is 20.3. The van der Waals surface area contributed by atoms with E-state index in [2.05, 4.69) is 15.8 Å². The van der Waals surface area contributed by atoms with Gasteiger partial charge in [0.05, 0.1) is 17.6 Å². The Balaban J connectivity index is 1.45. The molecule has 0 heterocycles. The van der Waals surface area contributed by atoms with E-state index in [1.165, 1.54) is 18.3 Å². The van der Waals surface area contributed by atoms with Gasteiger partial charge >= 0.3 is 0 Å². The number of rotatable bonds is 9. The van der Waals surface area contributed by atoms with Crippen LogP contribution in [-0.4, -0.2) is 29.6 Å². The number of nitro groups is 1. The van der Waals surface area contributed by atoms with Crippen molar-refractivity contribution in [1.82, 2.24) is 5.43 Å². The summed E-state index contributed by atoms with van der Waals surface area (Å²) in [5.74, 6) is -0.238. The van der Waals surface area contributed by atoms with E-state index >= 15 is 0 Å². The van der Waals surface area contributed by atoms with Crippen molar-refractivity contribution in [2.24, 2.45) is 5.10 Å². The molecule has 0 aliphatic carbocycles. The van der Waals surface area contributed by atoms with E-state index in [-0.39, 0.29) is 24.6 Å². The standard InChI is InChI=1S/C24H22N4O5/c1-17-6-10-20(11-7-17)26-24(30)16-33-21-12-8-18(9-13-21)15-25-27-23(29)14-19-4-2-3-5-22(19)28(31)32/h2-13,15H,14,16H2,1H3,(H,26,30)(H,27,29)/b25-15+. The van der Waals surface area contributed by atoms with Crippen LogP contribution in [0.1, 0.15) is 16.7 Å². The molecule has 2 amide bonds. The van der Waals surface area contributed by atoms with Crippen LogP contribution in [0.15, 0.2) is 77.9 Å². The molecular formula is C24H22N4O5. The van der Waals surface area contributed by atoms with Gasteiger partial charge in [0.25, 0.3) is 11.6 Å². The summed E-state index contributed by atoms with van der Waals surface area (Å²) < 4.78 is 5.48. The number of anilines is 1. The normalized spacial score (nSPS) is 10.6. The molecule has 3 aromatic carbocycles. The fourth-order valence-corrected chi connectivity index (χ4v) is 2.86. The number of carbonyl (C=O) groups excluding carboxylic acids is 2. The maximum absolute atomic E-state index is 12.0. The third kappa shape index (κ3) is 7.28. The van der Waals surface area contributed by atoms with E-state index in [4.69, 9.17) is 4.74 Å². The summed E-state index contributed by atoms with van der Waals surface area (Å²) >= 11 is 0. The fourth-order valence-electron chi connectivity index (χ4n) is 2.86. The second-order valence-electron chi connectivity index (χ2n) is 7.13. The molecule has 2 N–H and O–H groups in total. The smallest absolute Gasteiger partial charge is 0.273 e. The lowest BCUT2D eigenvalue weighted by Crippen LogP contribution is -2.20. The zero-order valence-electron chi connectivity index (χ0n) is 17.9. The second-order valence-corrected chi connectivity index (χ2v) is 7.13. The summed E-state index contributed by atoms with van der Waals surface area (Å²) in [5.41, 5.74) is 5.04. The van der Waals surface area contributed by atoms with Crippen LogP contribution in [0.2, 0.25) is 0 Å². The zero-order valence-corrected chi connectivity index (χ0v) is 17.9. The lowest BCUT2D eigenvalue weighted by atomic mass is 10.1. The highest BCUT2D eigenvalue weighted by Gasteiger charge is 2.15. The van der Waals surface area contributed by atoms with Crippen LogP contribution >= 0.6 is 0 Å². The molecule has 9 nitrogen and oxygen atoms in total.